The standard InChI is InChI=1S/C18H19NO3/c1-3-22-17-11-7-15(8-12-17)18(19-20)13-6-14-4-9-16(21-2)10-5-14/h4-13,20H,3H2,1-2H3/b13-6+,19-18+. The molecule has 22 heavy (non-hydrogen) atoms. The zero-order chi connectivity index (χ0) is 15.8. The molecule has 0 amide bonds. The first kappa shape index (κ1) is 15.6. The number of oxime groups is 1. The molecule has 4 heteroatoms. The van der Waals surface area contributed by atoms with Crippen LogP contribution in [0.15, 0.2) is 59.8 Å². The summed E-state index contributed by atoms with van der Waals surface area (Å²) in [6.45, 7) is 2.56. The van der Waals surface area contributed by atoms with Crippen molar-refractivity contribution in [2.24, 2.45) is 5.16 Å². The van der Waals surface area contributed by atoms with E-state index >= 15 is 0 Å². The highest BCUT2D eigenvalue weighted by Gasteiger charge is 2.01. The molecule has 0 saturated carbocycles. The molecule has 4 nitrogen and oxygen atoms in total. The Bertz CT molecular complexity index is 643. The van der Waals surface area contributed by atoms with Crippen molar-refractivity contribution in [1.29, 1.82) is 0 Å². The van der Waals surface area contributed by atoms with E-state index in [0.29, 0.717) is 12.3 Å². The van der Waals surface area contributed by atoms with Crippen LogP contribution in [-0.4, -0.2) is 24.6 Å². The van der Waals surface area contributed by atoms with E-state index in [2.05, 4.69) is 5.16 Å². The minimum Gasteiger partial charge on any atom is -0.497 e. The van der Waals surface area contributed by atoms with Crippen LogP contribution in [0.2, 0.25) is 0 Å². The van der Waals surface area contributed by atoms with Crippen molar-refractivity contribution >= 4 is 11.8 Å². The average Bonchev–Trinajstić information content (AvgIpc) is 2.57. The van der Waals surface area contributed by atoms with E-state index in [0.717, 1.165) is 22.6 Å². The summed E-state index contributed by atoms with van der Waals surface area (Å²) in [6, 6.07) is 15.1. The molecule has 1 N–H and O–H groups in total. The third kappa shape index (κ3) is 4.12. The quantitative estimate of drug-likeness (QED) is 0.498. The summed E-state index contributed by atoms with van der Waals surface area (Å²) in [4.78, 5) is 0. The Labute approximate surface area is 130 Å². The van der Waals surface area contributed by atoms with Gasteiger partial charge in [0.15, 0.2) is 0 Å². The molecule has 0 fully saturated rings. The second kappa shape index (κ2) is 7.88. The van der Waals surface area contributed by atoms with Crippen LogP contribution >= 0.6 is 0 Å². The number of allylic oxidation sites excluding steroid dienone is 1. The van der Waals surface area contributed by atoms with E-state index in [1.165, 1.54) is 0 Å². The third-order valence-corrected chi connectivity index (χ3v) is 3.12. The van der Waals surface area contributed by atoms with E-state index in [9.17, 15) is 5.21 Å². The molecule has 0 unspecified atom stereocenters. The van der Waals surface area contributed by atoms with Crippen LogP contribution < -0.4 is 9.47 Å². The summed E-state index contributed by atoms with van der Waals surface area (Å²) < 4.78 is 10.5. The van der Waals surface area contributed by atoms with Crippen LogP contribution in [0.5, 0.6) is 11.5 Å². The van der Waals surface area contributed by atoms with E-state index in [4.69, 9.17) is 9.47 Å². The van der Waals surface area contributed by atoms with Crippen molar-refractivity contribution in [3.05, 3.63) is 65.7 Å². The van der Waals surface area contributed by atoms with Crippen molar-refractivity contribution < 1.29 is 14.7 Å². The van der Waals surface area contributed by atoms with Gasteiger partial charge in [-0.25, -0.2) is 0 Å². The summed E-state index contributed by atoms with van der Waals surface area (Å²) in [7, 11) is 1.63. The maximum atomic E-state index is 9.20. The second-order valence-corrected chi connectivity index (χ2v) is 4.55. The lowest BCUT2D eigenvalue weighted by molar-refractivity contribution is 0.320. The Kier molecular flexibility index (Phi) is 5.60. The molecule has 2 aromatic carbocycles. The Morgan fingerprint density at radius 2 is 1.68 bits per heavy atom. The fourth-order valence-electron chi connectivity index (χ4n) is 1.97. The Hall–Kier alpha value is -2.75. The number of ether oxygens (including phenoxy) is 2. The van der Waals surface area contributed by atoms with Crippen LogP contribution in [-0.2, 0) is 0 Å². The predicted octanol–water partition coefficient (Wildman–Crippen LogP) is 3.99. The molecule has 0 aliphatic carbocycles. The number of hydrogen-bond acceptors (Lipinski definition) is 4. The normalized spacial score (nSPS) is 11.6. The largest absolute Gasteiger partial charge is 0.497 e. The van der Waals surface area contributed by atoms with Gasteiger partial charge < -0.3 is 14.7 Å². The molecule has 0 aliphatic rings. The average molecular weight is 297 g/mol. The van der Waals surface area contributed by atoms with Crippen LogP contribution in [0, 0.1) is 0 Å². The molecule has 2 rings (SSSR count). The second-order valence-electron chi connectivity index (χ2n) is 4.55. The number of methoxy groups -OCH3 is 1. The maximum absolute atomic E-state index is 9.20. The van der Waals surface area contributed by atoms with E-state index < -0.39 is 0 Å². The fourth-order valence-corrected chi connectivity index (χ4v) is 1.97. The van der Waals surface area contributed by atoms with E-state index in [1.54, 1.807) is 13.2 Å². The minimum atomic E-state index is 0.485. The monoisotopic (exact) mass is 297 g/mol. The van der Waals surface area contributed by atoms with Gasteiger partial charge in [-0.1, -0.05) is 23.4 Å². The smallest absolute Gasteiger partial charge is 0.119 e. The molecule has 0 aliphatic heterocycles. The molecule has 0 radical (unpaired) electrons. The molecule has 0 bridgehead atoms. The highest BCUT2D eigenvalue weighted by atomic mass is 16.5. The first-order valence-electron chi connectivity index (χ1n) is 7.04. The summed E-state index contributed by atoms with van der Waals surface area (Å²) in [6.07, 6.45) is 3.64. The fraction of sp³-hybridized carbons (Fsp3) is 0.167. The van der Waals surface area contributed by atoms with Crippen molar-refractivity contribution in [3.8, 4) is 11.5 Å². The SMILES string of the molecule is CCOc1ccc(C(/C=C/c2ccc(OC)cc2)=N/O)cc1. The minimum absolute atomic E-state index is 0.485. The van der Waals surface area contributed by atoms with Crippen molar-refractivity contribution in [2.45, 2.75) is 6.92 Å². The number of rotatable bonds is 6. The molecule has 0 atom stereocenters. The third-order valence-electron chi connectivity index (χ3n) is 3.12. The first-order chi connectivity index (χ1) is 10.8. The van der Waals surface area contributed by atoms with Gasteiger partial charge in [-0.05, 0) is 55.0 Å². The summed E-state index contributed by atoms with van der Waals surface area (Å²) in [5.74, 6) is 1.60. The first-order valence-corrected chi connectivity index (χ1v) is 7.04. The molecule has 0 aromatic heterocycles. The van der Waals surface area contributed by atoms with Crippen molar-refractivity contribution in [1.82, 2.24) is 0 Å². The lowest BCUT2D eigenvalue weighted by atomic mass is 10.1. The van der Waals surface area contributed by atoms with Gasteiger partial charge in [0, 0.05) is 5.56 Å². The number of nitrogens with zero attached hydrogens (tertiary/aromatic N) is 1. The molecular formula is C18H19NO3. The Balaban J connectivity index is 2.12. The molecule has 0 spiro atoms. The van der Waals surface area contributed by atoms with Crippen LogP contribution in [0.3, 0.4) is 0 Å². The highest BCUT2D eigenvalue weighted by Crippen LogP contribution is 2.15. The van der Waals surface area contributed by atoms with Crippen molar-refractivity contribution in [2.75, 3.05) is 13.7 Å². The topological polar surface area (TPSA) is 51.0 Å². The zero-order valence-corrected chi connectivity index (χ0v) is 12.7. The van der Waals surface area contributed by atoms with Crippen LogP contribution in [0.25, 0.3) is 6.08 Å². The maximum Gasteiger partial charge on any atom is 0.119 e. The summed E-state index contributed by atoms with van der Waals surface area (Å²) >= 11 is 0. The van der Waals surface area contributed by atoms with Gasteiger partial charge in [-0.15, -0.1) is 0 Å². The van der Waals surface area contributed by atoms with Crippen molar-refractivity contribution in [3.63, 3.8) is 0 Å². The number of hydrogen-bond donors (Lipinski definition) is 1. The lowest BCUT2D eigenvalue weighted by Crippen LogP contribution is -1.97. The van der Waals surface area contributed by atoms with Gasteiger partial charge in [0.1, 0.15) is 17.2 Å². The summed E-state index contributed by atoms with van der Waals surface area (Å²) in [5, 5.41) is 12.5. The Morgan fingerprint density at radius 1 is 1.05 bits per heavy atom. The van der Waals surface area contributed by atoms with Gasteiger partial charge in [-0.3, -0.25) is 0 Å². The van der Waals surface area contributed by atoms with Crippen LogP contribution in [0.4, 0.5) is 0 Å². The van der Waals surface area contributed by atoms with Gasteiger partial charge >= 0.3 is 0 Å². The van der Waals surface area contributed by atoms with Crippen LogP contribution in [0.1, 0.15) is 18.1 Å². The van der Waals surface area contributed by atoms with Gasteiger partial charge in [-0.2, -0.15) is 0 Å². The molecule has 114 valence electrons. The highest BCUT2D eigenvalue weighted by molar-refractivity contribution is 6.10. The van der Waals surface area contributed by atoms with Gasteiger partial charge in [0.05, 0.1) is 13.7 Å². The predicted molar refractivity (Wildman–Crippen MR) is 88.0 cm³/mol. The molecule has 2 aromatic rings. The van der Waals surface area contributed by atoms with Gasteiger partial charge in [0.25, 0.3) is 0 Å². The lowest BCUT2D eigenvalue weighted by Gasteiger charge is -2.04. The van der Waals surface area contributed by atoms with E-state index in [-0.39, 0.29) is 0 Å². The number of benzene rings is 2. The molecule has 0 saturated heterocycles. The molecular weight excluding hydrogens is 278 g/mol. The van der Waals surface area contributed by atoms with Gasteiger partial charge in [0.2, 0.25) is 0 Å². The zero-order valence-electron chi connectivity index (χ0n) is 12.7. The Morgan fingerprint density at radius 3 is 2.23 bits per heavy atom. The summed E-state index contributed by atoms with van der Waals surface area (Å²) in [5.41, 5.74) is 2.29. The molecule has 0 heterocycles. The van der Waals surface area contributed by atoms with E-state index in [1.807, 2.05) is 61.5 Å².